The summed E-state index contributed by atoms with van der Waals surface area (Å²) in [6.45, 7) is 2.27. The first-order chi connectivity index (χ1) is 14.9. The maximum atomic E-state index is 12.7. The second-order valence-electron chi connectivity index (χ2n) is 7.03. The predicted octanol–water partition coefficient (Wildman–Crippen LogP) is 1.54. The number of nitrogens with zero attached hydrogens (tertiary/aromatic N) is 3. The maximum Gasteiger partial charge on any atom is 0.409 e. The molecule has 166 valence electrons. The van der Waals surface area contributed by atoms with Crippen molar-refractivity contribution in [3.63, 3.8) is 0 Å². The van der Waals surface area contributed by atoms with Crippen molar-refractivity contribution in [2.45, 2.75) is 17.9 Å². The number of amides is 2. The van der Waals surface area contributed by atoms with E-state index in [1.54, 1.807) is 4.90 Å². The number of carbonyl (C=O) groups excluding carboxylic acids is 2. The molecular formula is C19H22N4O6S2. The summed E-state index contributed by atoms with van der Waals surface area (Å²) in [4.78, 5) is 31.4. The second-order valence-corrected chi connectivity index (χ2v) is 10.0. The average Bonchev–Trinajstić information content (AvgIpc) is 3.20. The van der Waals surface area contributed by atoms with Crippen molar-refractivity contribution >= 4 is 38.5 Å². The number of carbonyl (C=O) groups is 2. The molecule has 10 nitrogen and oxygen atoms in total. The topological polar surface area (TPSA) is 118 Å². The Morgan fingerprint density at radius 1 is 1.16 bits per heavy atom. The molecule has 2 aliphatic heterocycles. The van der Waals surface area contributed by atoms with Gasteiger partial charge >= 0.3 is 6.09 Å². The average molecular weight is 467 g/mol. The van der Waals surface area contributed by atoms with E-state index in [1.165, 1.54) is 47.0 Å². The molecular weight excluding hydrogens is 444 g/mol. The fourth-order valence-electron chi connectivity index (χ4n) is 3.42. The summed E-state index contributed by atoms with van der Waals surface area (Å²) in [5, 5.41) is 3.19. The minimum Gasteiger partial charge on any atom is -0.453 e. The third kappa shape index (κ3) is 4.56. The van der Waals surface area contributed by atoms with Crippen LogP contribution in [0.1, 0.15) is 20.9 Å². The maximum absolute atomic E-state index is 12.7. The van der Waals surface area contributed by atoms with Gasteiger partial charge in [0.1, 0.15) is 0 Å². The lowest BCUT2D eigenvalue weighted by atomic mass is 10.2. The lowest BCUT2D eigenvalue weighted by Gasteiger charge is -2.26. The number of methoxy groups -OCH3 is 1. The highest BCUT2D eigenvalue weighted by Gasteiger charge is 2.27. The summed E-state index contributed by atoms with van der Waals surface area (Å²) in [5.41, 5.74) is 1.18. The molecule has 1 fully saturated rings. The Hall–Kier alpha value is -2.54. The number of hydrogen-bond acceptors (Lipinski definition) is 8. The molecule has 4 rings (SSSR count). The van der Waals surface area contributed by atoms with E-state index in [1.807, 2.05) is 0 Å². The van der Waals surface area contributed by atoms with Gasteiger partial charge in [-0.25, -0.2) is 18.2 Å². The zero-order valence-electron chi connectivity index (χ0n) is 16.9. The molecule has 0 atom stereocenters. The molecule has 0 unspecified atom stereocenters. The number of sulfonamides is 1. The molecule has 0 aliphatic carbocycles. The van der Waals surface area contributed by atoms with Crippen molar-refractivity contribution in [3.05, 3.63) is 40.4 Å². The Morgan fingerprint density at radius 2 is 1.87 bits per heavy atom. The lowest BCUT2D eigenvalue weighted by Crippen LogP contribution is -2.40. The Bertz CT molecular complexity index is 1080. The van der Waals surface area contributed by atoms with Gasteiger partial charge in [-0.15, -0.1) is 0 Å². The number of fused-ring (bicyclic) bond motifs is 1. The zero-order valence-corrected chi connectivity index (χ0v) is 18.5. The van der Waals surface area contributed by atoms with Crippen LogP contribution in [0.15, 0.2) is 29.2 Å². The summed E-state index contributed by atoms with van der Waals surface area (Å²) in [6, 6.07) is 5.83. The van der Waals surface area contributed by atoms with Crippen LogP contribution in [0.4, 0.5) is 9.93 Å². The van der Waals surface area contributed by atoms with Gasteiger partial charge in [0, 0.05) is 36.5 Å². The van der Waals surface area contributed by atoms with E-state index in [-0.39, 0.29) is 10.8 Å². The van der Waals surface area contributed by atoms with Gasteiger partial charge in [0.2, 0.25) is 10.0 Å². The van der Waals surface area contributed by atoms with E-state index in [2.05, 4.69) is 10.3 Å². The molecule has 1 N–H and O–H groups in total. The van der Waals surface area contributed by atoms with Crippen LogP contribution in [0.25, 0.3) is 0 Å². The third-order valence-electron chi connectivity index (χ3n) is 5.11. The summed E-state index contributed by atoms with van der Waals surface area (Å²) in [6.07, 6.45) is 0.196. The minimum absolute atomic E-state index is 0.138. The highest BCUT2D eigenvalue weighted by atomic mass is 32.2. The van der Waals surface area contributed by atoms with Crippen LogP contribution in [0.2, 0.25) is 0 Å². The minimum atomic E-state index is -3.61. The van der Waals surface area contributed by atoms with Crippen LogP contribution in [0.5, 0.6) is 0 Å². The van der Waals surface area contributed by atoms with Gasteiger partial charge in [-0.1, -0.05) is 11.3 Å². The van der Waals surface area contributed by atoms with Gasteiger partial charge in [-0.05, 0) is 24.3 Å². The largest absolute Gasteiger partial charge is 0.453 e. The summed E-state index contributed by atoms with van der Waals surface area (Å²) < 4.78 is 36.7. The van der Waals surface area contributed by atoms with Gasteiger partial charge in [0.15, 0.2) is 5.13 Å². The molecule has 0 saturated carbocycles. The summed E-state index contributed by atoms with van der Waals surface area (Å²) >= 11 is 1.31. The van der Waals surface area contributed by atoms with E-state index in [0.717, 1.165) is 10.6 Å². The normalized spacial score (nSPS) is 17.1. The highest BCUT2D eigenvalue weighted by Crippen LogP contribution is 2.29. The number of anilines is 1. The number of ether oxygens (including phenoxy) is 2. The molecule has 1 saturated heterocycles. The number of nitrogens with one attached hydrogen (secondary N) is 1. The van der Waals surface area contributed by atoms with Crippen molar-refractivity contribution in [2.75, 3.05) is 45.3 Å². The van der Waals surface area contributed by atoms with E-state index in [0.29, 0.717) is 56.5 Å². The van der Waals surface area contributed by atoms with Crippen LogP contribution in [-0.2, 0) is 32.5 Å². The second kappa shape index (κ2) is 8.91. The Labute approximate surface area is 183 Å². The first-order valence-electron chi connectivity index (χ1n) is 9.69. The molecule has 2 aromatic rings. The zero-order chi connectivity index (χ0) is 22.0. The van der Waals surface area contributed by atoms with E-state index < -0.39 is 16.1 Å². The van der Waals surface area contributed by atoms with E-state index >= 15 is 0 Å². The molecule has 2 aliphatic rings. The molecule has 12 heteroatoms. The number of hydrogen-bond donors (Lipinski definition) is 1. The number of aromatic nitrogens is 1. The fraction of sp³-hybridized carbons (Fsp3) is 0.421. The quantitative estimate of drug-likeness (QED) is 0.726. The SMILES string of the molecule is COC(=O)N1CCc2nc(NC(=O)c3ccc(S(=O)(=O)N4CCOCC4)cc3)sc2C1. The van der Waals surface area contributed by atoms with E-state index in [9.17, 15) is 18.0 Å². The third-order valence-corrected chi connectivity index (χ3v) is 8.02. The van der Waals surface area contributed by atoms with Crippen molar-refractivity contribution in [1.82, 2.24) is 14.2 Å². The molecule has 2 amide bonds. The van der Waals surface area contributed by atoms with Crippen LogP contribution in [0.3, 0.4) is 0 Å². The van der Waals surface area contributed by atoms with Crippen molar-refractivity contribution in [1.29, 1.82) is 0 Å². The Morgan fingerprint density at radius 3 is 2.55 bits per heavy atom. The van der Waals surface area contributed by atoms with Crippen molar-refractivity contribution in [3.8, 4) is 0 Å². The van der Waals surface area contributed by atoms with Gasteiger partial charge in [0.25, 0.3) is 5.91 Å². The predicted molar refractivity (Wildman–Crippen MR) is 113 cm³/mol. The number of rotatable bonds is 4. The Balaban J connectivity index is 1.43. The standard InChI is InChI=1S/C19H22N4O6S2/c1-28-19(25)22-7-6-15-16(12-22)30-18(20-15)21-17(24)13-2-4-14(5-3-13)31(26,27)23-8-10-29-11-9-23/h2-5H,6-12H2,1H3,(H,20,21,24). The molecule has 3 heterocycles. The highest BCUT2D eigenvalue weighted by molar-refractivity contribution is 7.89. The lowest BCUT2D eigenvalue weighted by molar-refractivity contribution is 0.0730. The monoisotopic (exact) mass is 466 g/mol. The molecule has 31 heavy (non-hydrogen) atoms. The first kappa shape index (κ1) is 21.7. The molecule has 1 aromatic carbocycles. The Kier molecular flexibility index (Phi) is 6.23. The van der Waals surface area contributed by atoms with Crippen LogP contribution >= 0.6 is 11.3 Å². The van der Waals surface area contributed by atoms with Crippen LogP contribution in [-0.4, -0.2) is 74.6 Å². The van der Waals surface area contributed by atoms with Gasteiger partial charge in [0.05, 0.1) is 37.5 Å². The van der Waals surface area contributed by atoms with Crippen LogP contribution in [0, 0.1) is 0 Å². The van der Waals surface area contributed by atoms with Crippen molar-refractivity contribution < 1.29 is 27.5 Å². The number of thiazole rings is 1. The van der Waals surface area contributed by atoms with E-state index in [4.69, 9.17) is 9.47 Å². The van der Waals surface area contributed by atoms with Crippen molar-refractivity contribution in [2.24, 2.45) is 0 Å². The van der Waals surface area contributed by atoms with Gasteiger partial charge < -0.3 is 14.4 Å². The molecule has 0 bridgehead atoms. The smallest absolute Gasteiger partial charge is 0.409 e. The first-order valence-corrected chi connectivity index (χ1v) is 11.9. The fourth-order valence-corrected chi connectivity index (χ4v) is 5.84. The van der Waals surface area contributed by atoms with Gasteiger partial charge in [-0.2, -0.15) is 4.31 Å². The molecule has 1 aromatic heterocycles. The molecule has 0 radical (unpaired) electrons. The number of benzene rings is 1. The summed E-state index contributed by atoms with van der Waals surface area (Å²) in [7, 11) is -2.27. The van der Waals surface area contributed by atoms with Gasteiger partial charge in [-0.3, -0.25) is 10.1 Å². The number of morpholine rings is 1. The van der Waals surface area contributed by atoms with Crippen LogP contribution < -0.4 is 5.32 Å². The molecule has 0 spiro atoms. The summed E-state index contributed by atoms with van der Waals surface area (Å²) in [5.74, 6) is -0.383.